The lowest BCUT2D eigenvalue weighted by Gasteiger charge is -2.23. The van der Waals surface area contributed by atoms with E-state index in [4.69, 9.17) is 0 Å². The predicted octanol–water partition coefficient (Wildman–Crippen LogP) is 4.23. The van der Waals surface area contributed by atoms with E-state index in [-0.39, 0.29) is 5.91 Å². The van der Waals surface area contributed by atoms with Gasteiger partial charge in [0.2, 0.25) is 0 Å². The van der Waals surface area contributed by atoms with Crippen LogP contribution in [-0.2, 0) is 12.8 Å². The van der Waals surface area contributed by atoms with Crippen LogP contribution in [0.25, 0.3) is 0 Å². The molecule has 1 fully saturated rings. The minimum atomic E-state index is -0.169. The van der Waals surface area contributed by atoms with E-state index < -0.39 is 0 Å². The monoisotopic (exact) mass is 364 g/mol. The third kappa shape index (κ3) is 4.46. The van der Waals surface area contributed by atoms with Gasteiger partial charge in [0.25, 0.3) is 5.91 Å². The van der Waals surface area contributed by atoms with Crippen molar-refractivity contribution in [1.29, 1.82) is 0 Å². The molecule has 1 saturated carbocycles. The molecule has 5 nitrogen and oxygen atoms in total. The second-order valence-corrected chi connectivity index (χ2v) is 7.80. The molecule has 0 atom stereocenters. The molecule has 2 aliphatic carbocycles. The van der Waals surface area contributed by atoms with Crippen LogP contribution in [0.1, 0.15) is 60.6 Å². The molecule has 1 amide bonds. The molecule has 2 aliphatic rings. The number of rotatable bonds is 7. The number of fused-ring (bicyclic) bond motifs is 1. The van der Waals surface area contributed by atoms with E-state index >= 15 is 0 Å². The third-order valence-electron chi connectivity index (χ3n) is 5.48. The average molecular weight is 364 g/mol. The first-order valence-corrected chi connectivity index (χ1v) is 10.2. The molecular weight excluding hydrogens is 336 g/mol. The number of nitrogens with zero attached hydrogens (tertiary/aromatic N) is 3. The van der Waals surface area contributed by atoms with Gasteiger partial charge in [-0.25, -0.2) is 9.97 Å². The number of carbonyl (C=O) groups excluding carboxylic acids is 1. The van der Waals surface area contributed by atoms with Crippen LogP contribution in [0.15, 0.2) is 30.6 Å². The summed E-state index contributed by atoms with van der Waals surface area (Å²) in [5, 5.41) is 3.01. The van der Waals surface area contributed by atoms with Gasteiger partial charge in [-0.1, -0.05) is 13.0 Å². The number of anilines is 2. The molecule has 4 rings (SSSR count). The first-order chi connectivity index (χ1) is 13.2. The summed E-state index contributed by atoms with van der Waals surface area (Å²) >= 11 is 0. The molecule has 142 valence electrons. The highest BCUT2D eigenvalue weighted by Gasteiger charge is 2.25. The van der Waals surface area contributed by atoms with Crippen molar-refractivity contribution in [1.82, 2.24) is 9.97 Å². The van der Waals surface area contributed by atoms with Crippen molar-refractivity contribution in [2.45, 2.75) is 51.9 Å². The summed E-state index contributed by atoms with van der Waals surface area (Å²) in [6.07, 6.45) is 9.91. The molecule has 5 heteroatoms. The van der Waals surface area contributed by atoms with E-state index in [1.165, 1.54) is 43.1 Å². The van der Waals surface area contributed by atoms with E-state index in [2.05, 4.69) is 39.2 Å². The lowest BCUT2D eigenvalue weighted by Crippen LogP contribution is -2.28. The minimum absolute atomic E-state index is 0.169. The van der Waals surface area contributed by atoms with E-state index in [0.717, 1.165) is 49.8 Å². The van der Waals surface area contributed by atoms with Crippen molar-refractivity contribution in [3.05, 3.63) is 47.4 Å². The fourth-order valence-electron chi connectivity index (χ4n) is 3.83. The molecule has 2 aromatic rings. The van der Waals surface area contributed by atoms with Gasteiger partial charge >= 0.3 is 0 Å². The largest absolute Gasteiger partial charge is 0.356 e. The number of nitrogens with one attached hydrogen (secondary N) is 1. The second kappa shape index (κ2) is 8.07. The van der Waals surface area contributed by atoms with Crippen molar-refractivity contribution in [2.75, 3.05) is 23.3 Å². The number of aryl methyl sites for hydroxylation is 2. The van der Waals surface area contributed by atoms with Gasteiger partial charge in [0, 0.05) is 24.8 Å². The fourth-order valence-corrected chi connectivity index (χ4v) is 3.83. The highest BCUT2D eigenvalue weighted by molar-refractivity contribution is 6.03. The van der Waals surface area contributed by atoms with Gasteiger partial charge in [0.1, 0.15) is 17.8 Å². The Morgan fingerprint density at radius 1 is 1.15 bits per heavy atom. The molecule has 1 aromatic heterocycles. The highest BCUT2D eigenvalue weighted by atomic mass is 16.1. The van der Waals surface area contributed by atoms with Crippen LogP contribution in [0.3, 0.4) is 0 Å². The van der Waals surface area contributed by atoms with Crippen molar-refractivity contribution in [3.8, 4) is 0 Å². The first kappa shape index (κ1) is 18.0. The summed E-state index contributed by atoms with van der Waals surface area (Å²) < 4.78 is 0. The molecule has 0 spiro atoms. The van der Waals surface area contributed by atoms with Gasteiger partial charge in [-0.3, -0.25) is 4.79 Å². The molecule has 0 saturated heterocycles. The number of hydrogen-bond acceptors (Lipinski definition) is 4. The molecule has 1 N–H and O–H groups in total. The van der Waals surface area contributed by atoms with Gasteiger partial charge in [-0.15, -0.1) is 0 Å². The lowest BCUT2D eigenvalue weighted by molar-refractivity contribution is 0.102. The zero-order chi connectivity index (χ0) is 18.6. The smallest absolute Gasteiger partial charge is 0.274 e. The quantitative estimate of drug-likeness (QED) is 0.798. The Bertz CT molecular complexity index is 816. The maximum absolute atomic E-state index is 12.7. The highest BCUT2D eigenvalue weighted by Crippen LogP contribution is 2.31. The van der Waals surface area contributed by atoms with Crippen molar-refractivity contribution in [2.24, 2.45) is 5.92 Å². The van der Waals surface area contributed by atoms with E-state index in [9.17, 15) is 4.79 Å². The van der Waals surface area contributed by atoms with Crippen LogP contribution in [-0.4, -0.2) is 29.0 Å². The van der Waals surface area contributed by atoms with Crippen molar-refractivity contribution < 1.29 is 4.79 Å². The van der Waals surface area contributed by atoms with Crippen LogP contribution in [0.5, 0.6) is 0 Å². The van der Waals surface area contributed by atoms with Crippen LogP contribution in [0, 0.1) is 5.92 Å². The van der Waals surface area contributed by atoms with Crippen LogP contribution in [0.2, 0.25) is 0 Å². The Labute approximate surface area is 161 Å². The molecule has 1 heterocycles. The van der Waals surface area contributed by atoms with Gasteiger partial charge < -0.3 is 10.2 Å². The van der Waals surface area contributed by atoms with Crippen LogP contribution >= 0.6 is 0 Å². The van der Waals surface area contributed by atoms with E-state index in [1.807, 2.05) is 12.1 Å². The normalized spacial score (nSPS) is 15.9. The van der Waals surface area contributed by atoms with Gasteiger partial charge in [-0.2, -0.15) is 0 Å². The van der Waals surface area contributed by atoms with Crippen LogP contribution in [0.4, 0.5) is 11.5 Å². The third-order valence-corrected chi connectivity index (χ3v) is 5.48. The minimum Gasteiger partial charge on any atom is -0.356 e. The molecule has 0 bridgehead atoms. The Morgan fingerprint density at radius 3 is 2.74 bits per heavy atom. The molecular formula is C22H28N4O. The van der Waals surface area contributed by atoms with Crippen molar-refractivity contribution >= 4 is 17.4 Å². The molecule has 0 aliphatic heterocycles. The zero-order valence-corrected chi connectivity index (χ0v) is 16.1. The summed E-state index contributed by atoms with van der Waals surface area (Å²) in [6, 6.07) is 8.09. The number of aromatic nitrogens is 2. The number of benzene rings is 1. The Kier molecular flexibility index (Phi) is 5.37. The average Bonchev–Trinajstić information content (AvgIpc) is 3.52. The fraction of sp³-hybridized carbons (Fsp3) is 0.500. The number of hydrogen-bond donors (Lipinski definition) is 1. The molecule has 0 unspecified atom stereocenters. The predicted molar refractivity (Wildman–Crippen MR) is 108 cm³/mol. The standard InChI is InChI=1S/C22H28N4O/c1-2-11-26(14-16-7-8-16)21-13-20(23-15-24-21)22(27)25-19-10-9-17-5-3-4-6-18(17)12-19/h9-10,12-13,15-16H,2-8,11,14H2,1H3,(H,25,27). The summed E-state index contributed by atoms with van der Waals surface area (Å²) in [4.78, 5) is 23.6. The van der Waals surface area contributed by atoms with Gasteiger partial charge in [-0.05, 0) is 74.1 Å². The Balaban J connectivity index is 1.48. The number of amides is 1. The maximum atomic E-state index is 12.7. The molecule has 0 radical (unpaired) electrons. The van der Waals surface area contributed by atoms with Crippen molar-refractivity contribution in [3.63, 3.8) is 0 Å². The molecule has 1 aromatic carbocycles. The topological polar surface area (TPSA) is 58.1 Å². The second-order valence-electron chi connectivity index (χ2n) is 7.80. The number of carbonyl (C=O) groups is 1. The van der Waals surface area contributed by atoms with E-state index in [0.29, 0.717) is 5.69 Å². The summed E-state index contributed by atoms with van der Waals surface area (Å²) in [5.74, 6) is 1.46. The summed E-state index contributed by atoms with van der Waals surface area (Å²) in [5.41, 5.74) is 4.05. The van der Waals surface area contributed by atoms with Gasteiger partial charge in [0.15, 0.2) is 0 Å². The van der Waals surface area contributed by atoms with E-state index in [1.54, 1.807) is 0 Å². The Hall–Kier alpha value is -2.43. The lowest BCUT2D eigenvalue weighted by atomic mass is 9.91. The maximum Gasteiger partial charge on any atom is 0.274 e. The Morgan fingerprint density at radius 2 is 1.96 bits per heavy atom. The summed E-state index contributed by atoms with van der Waals surface area (Å²) in [7, 11) is 0. The zero-order valence-electron chi connectivity index (χ0n) is 16.1. The first-order valence-electron chi connectivity index (χ1n) is 10.2. The summed E-state index contributed by atoms with van der Waals surface area (Å²) in [6.45, 7) is 4.15. The molecule has 27 heavy (non-hydrogen) atoms. The SMILES string of the molecule is CCCN(CC1CC1)c1cc(C(=O)Nc2ccc3c(c2)CCCC3)ncn1. The van der Waals surface area contributed by atoms with Gasteiger partial charge in [0.05, 0.1) is 0 Å². The van der Waals surface area contributed by atoms with Crippen LogP contribution < -0.4 is 10.2 Å².